The number of benzene rings is 2. The average Bonchev–Trinajstić information content (AvgIpc) is 3.18. The molecule has 0 saturated heterocycles. The van der Waals surface area contributed by atoms with Crippen LogP contribution in [-0.2, 0) is 0 Å². The van der Waals surface area contributed by atoms with Gasteiger partial charge < -0.3 is 14.5 Å². The molecule has 0 unspecified atom stereocenters. The molecule has 0 fully saturated rings. The average molecular weight is 384 g/mol. The third-order valence-electron chi connectivity index (χ3n) is 3.85. The highest BCUT2D eigenvalue weighted by Crippen LogP contribution is 2.34. The molecule has 3 aromatic rings. The highest BCUT2D eigenvalue weighted by atomic mass is 32.2. The second-order valence-electron chi connectivity index (χ2n) is 5.46. The van der Waals surface area contributed by atoms with E-state index in [4.69, 9.17) is 9.15 Å². The Labute approximate surface area is 159 Å². The molecule has 0 aliphatic carbocycles. The van der Waals surface area contributed by atoms with E-state index in [-0.39, 0.29) is 22.8 Å². The Kier molecular flexibility index (Phi) is 5.46. The summed E-state index contributed by atoms with van der Waals surface area (Å²) in [4.78, 5) is 24.2. The molecule has 2 aromatic carbocycles. The van der Waals surface area contributed by atoms with Crippen molar-refractivity contribution >= 4 is 29.0 Å². The molecule has 0 saturated carbocycles. The van der Waals surface area contributed by atoms with Crippen molar-refractivity contribution < 1.29 is 18.9 Å². The maximum atomic E-state index is 12.5. The van der Waals surface area contributed by atoms with Gasteiger partial charge >= 0.3 is 0 Å². The first kappa shape index (κ1) is 18.5. The van der Waals surface area contributed by atoms with E-state index < -0.39 is 10.8 Å². The van der Waals surface area contributed by atoms with Gasteiger partial charge in [-0.2, -0.15) is 0 Å². The largest absolute Gasteiger partial charge is 0.497 e. The van der Waals surface area contributed by atoms with Crippen LogP contribution in [-0.4, -0.2) is 24.2 Å². The number of para-hydroxylation sites is 1. The molecular weight excluding hydrogens is 368 g/mol. The van der Waals surface area contributed by atoms with Gasteiger partial charge in [-0.05, 0) is 42.7 Å². The lowest BCUT2D eigenvalue weighted by Crippen LogP contribution is -2.11. The molecule has 0 aliphatic rings. The van der Waals surface area contributed by atoms with Gasteiger partial charge in [0.25, 0.3) is 11.6 Å². The highest BCUT2D eigenvalue weighted by Gasteiger charge is 2.21. The van der Waals surface area contributed by atoms with Crippen molar-refractivity contribution in [2.45, 2.75) is 4.90 Å². The summed E-state index contributed by atoms with van der Waals surface area (Å²) in [5.74, 6) is 0.223. The van der Waals surface area contributed by atoms with Gasteiger partial charge in [0.05, 0.1) is 29.4 Å². The molecule has 138 valence electrons. The molecule has 1 amide bonds. The van der Waals surface area contributed by atoms with Gasteiger partial charge in [0.1, 0.15) is 11.5 Å². The number of carbonyl (C=O) groups is 1. The summed E-state index contributed by atoms with van der Waals surface area (Å²) < 4.78 is 10.6. The van der Waals surface area contributed by atoms with E-state index in [0.29, 0.717) is 11.4 Å². The highest BCUT2D eigenvalue weighted by molar-refractivity contribution is 7.98. The molecule has 1 heterocycles. The van der Waals surface area contributed by atoms with Crippen LogP contribution in [0.5, 0.6) is 5.75 Å². The number of amides is 1. The molecular formula is C19H16N2O5S. The molecule has 0 aliphatic heterocycles. The van der Waals surface area contributed by atoms with E-state index in [1.807, 2.05) is 24.5 Å². The Morgan fingerprint density at radius 2 is 1.96 bits per heavy atom. The summed E-state index contributed by atoms with van der Waals surface area (Å²) in [7, 11) is 1.43. The fraction of sp³-hybridized carbons (Fsp3) is 0.105. The lowest BCUT2D eigenvalue weighted by atomic mass is 10.1. The molecule has 27 heavy (non-hydrogen) atoms. The molecule has 1 aromatic heterocycles. The van der Waals surface area contributed by atoms with E-state index in [1.54, 1.807) is 12.1 Å². The Balaban J connectivity index is 1.89. The van der Waals surface area contributed by atoms with Crippen LogP contribution in [0.4, 0.5) is 11.4 Å². The summed E-state index contributed by atoms with van der Waals surface area (Å²) in [6, 6.07) is 14.9. The number of rotatable bonds is 6. The zero-order valence-corrected chi connectivity index (χ0v) is 15.4. The minimum atomic E-state index is -0.519. The SMILES string of the molecule is COc1ccc(-c2ccc(C(=O)Nc3ccccc3SC)o2)c([N+](=O)[O-])c1. The Hall–Kier alpha value is -3.26. The van der Waals surface area contributed by atoms with Crippen LogP contribution in [0.3, 0.4) is 0 Å². The number of hydrogen-bond donors (Lipinski definition) is 1. The van der Waals surface area contributed by atoms with Gasteiger partial charge in [-0.3, -0.25) is 14.9 Å². The summed E-state index contributed by atoms with van der Waals surface area (Å²) in [5.41, 5.74) is 0.774. The maximum Gasteiger partial charge on any atom is 0.291 e. The summed E-state index contributed by atoms with van der Waals surface area (Å²) in [6.45, 7) is 0. The first-order valence-corrected chi connectivity index (χ1v) is 9.13. The fourth-order valence-electron chi connectivity index (χ4n) is 2.53. The smallest absolute Gasteiger partial charge is 0.291 e. The number of nitro benzene ring substituents is 1. The molecule has 8 heteroatoms. The monoisotopic (exact) mass is 384 g/mol. The van der Waals surface area contributed by atoms with Gasteiger partial charge in [0, 0.05) is 4.90 Å². The topological polar surface area (TPSA) is 94.6 Å². The third-order valence-corrected chi connectivity index (χ3v) is 4.65. The molecule has 0 radical (unpaired) electrons. The quantitative estimate of drug-likeness (QED) is 0.371. The lowest BCUT2D eigenvalue weighted by molar-refractivity contribution is -0.384. The zero-order chi connectivity index (χ0) is 19.4. The van der Waals surface area contributed by atoms with Crippen molar-refractivity contribution in [2.24, 2.45) is 0 Å². The Bertz CT molecular complexity index is 999. The number of ether oxygens (including phenoxy) is 1. The Morgan fingerprint density at radius 3 is 2.67 bits per heavy atom. The van der Waals surface area contributed by atoms with Crippen LogP contribution >= 0.6 is 11.8 Å². The predicted octanol–water partition coefficient (Wildman–Crippen LogP) is 4.84. The van der Waals surface area contributed by atoms with Gasteiger partial charge in [-0.25, -0.2) is 0 Å². The van der Waals surface area contributed by atoms with Crippen LogP contribution in [0.25, 0.3) is 11.3 Å². The van der Waals surface area contributed by atoms with Gasteiger partial charge in [0.15, 0.2) is 5.76 Å². The second-order valence-corrected chi connectivity index (χ2v) is 6.31. The van der Waals surface area contributed by atoms with E-state index in [9.17, 15) is 14.9 Å². The van der Waals surface area contributed by atoms with E-state index in [1.165, 1.54) is 43.1 Å². The zero-order valence-electron chi connectivity index (χ0n) is 14.6. The summed E-state index contributed by atoms with van der Waals surface area (Å²) in [6.07, 6.45) is 1.92. The van der Waals surface area contributed by atoms with Crippen LogP contribution in [0.1, 0.15) is 10.6 Å². The molecule has 3 rings (SSSR count). The summed E-state index contributed by atoms with van der Waals surface area (Å²) >= 11 is 1.51. The van der Waals surface area contributed by atoms with Crippen molar-refractivity contribution in [3.05, 3.63) is 70.5 Å². The number of methoxy groups -OCH3 is 1. The van der Waals surface area contributed by atoms with Gasteiger partial charge in [0.2, 0.25) is 0 Å². The number of thioether (sulfide) groups is 1. The fourth-order valence-corrected chi connectivity index (χ4v) is 3.09. The van der Waals surface area contributed by atoms with E-state index in [2.05, 4.69) is 5.32 Å². The van der Waals surface area contributed by atoms with Crippen molar-refractivity contribution in [3.8, 4) is 17.1 Å². The number of nitrogens with zero attached hydrogens (tertiary/aromatic N) is 1. The predicted molar refractivity (Wildman–Crippen MR) is 104 cm³/mol. The van der Waals surface area contributed by atoms with Crippen molar-refractivity contribution in [1.29, 1.82) is 0 Å². The number of carbonyl (C=O) groups excluding carboxylic acids is 1. The molecule has 0 spiro atoms. The summed E-state index contributed by atoms with van der Waals surface area (Å²) in [5, 5.41) is 14.1. The van der Waals surface area contributed by atoms with E-state index >= 15 is 0 Å². The maximum absolute atomic E-state index is 12.5. The first-order valence-electron chi connectivity index (χ1n) is 7.90. The Morgan fingerprint density at radius 1 is 1.19 bits per heavy atom. The standard InChI is InChI=1S/C19H16N2O5S/c1-25-12-7-8-13(15(11-12)21(23)24)16-9-10-17(26-16)19(22)20-14-5-3-4-6-18(14)27-2/h3-11H,1-2H3,(H,20,22). The van der Waals surface area contributed by atoms with Crippen molar-refractivity contribution in [2.75, 3.05) is 18.7 Å². The number of nitrogens with one attached hydrogen (secondary N) is 1. The second kappa shape index (κ2) is 7.96. The van der Waals surface area contributed by atoms with Gasteiger partial charge in [-0.15, -0.1) is 11.8 Å². The number of anilines is 1. The van der Waals surface area contributed by atoms with Crippen LogP contribution in [0, 0.1) is 10.1 Å². The van der Waals surface area contributed by atoms with Crippen LogP contribution in [0.2, 0.25) is 0 Å². The number of hydrogen-bond acceptors (Lipinski definition) is 6. The van der Waals surface area contributed by atoms with Crippen molar-refractivity contribution in [1.82, 2.24) is 0 Å². The first-order chi connectivity index (χ1) is 13.0. The van der Waals surface area contributed by atoms with Crippen molar-refractivity contribution in [3.63, 3.8) is 0 Å². The molecule has 0 atom stereocenters. The minimum Gasteiger partial charge on any atom is -0.497 e. The third kappa shape index (κ3) is 3.95. The number of nitro groups is 1. The molecule has 0 bridgehead atoms. The van der Waals surface area contributed by atoms with Gasteiger partial charge in [-0.1, -0.05) is 12.1 Å². The normalized spacial score (nSPS) is 10.4. The van der Waals surface area contributed by atoms with Crippen LogP contribution in [0.15, 0.2) is 63.9 Å². The number of furan rings is 1. The van der Waals surface area contributed by atoms with E-state index in [0.717, 1.165) is 4.90 Å². The van der Waals surface area contributed by atoms with Crippen LogP contribution < -0.4 is 10.1 Å². The molecule has 1 N–H and O–H groups in total. The minimum absolute atomic E-state index is 0.0611. The lowest BCUT2D eigenvalue weighted by Gasteiger charge is -2.07. The molecule has 7 nitrogen and oxygen atoms in total.